The number of imidazole rings is 1. The Morgan fingerprint density at radius 3 is 2.54 bits per heavy atom. The van der Waals surface area contributed by atoms with E-state index in [0.717, 1.165) is 22.6 Å². The van der Waals surface area contributed by atoms with Gasteiger partial charge in [0.05, 0.1) is 5.69 Å². The third-order valence-corrected chi connectivity index (χ3v) is 4.02. The van der Waals surface area contributed by atoms with Crippen molar-refractivity contribution in [2.24, 2.45) is 0 Å². The van der Waals surface area contributed by atoms with Crippen LogP contribution in [0.2, 0.25) is 0 Å². The van der Waals surface area contributed by atoms with E-state index in [0.29, 0.717) is 11.6 Å². The van der Waals surface area contributed by atoms with Crippen LogP contribution >= 0.6 is 0 Å². The topological polar surface area (TPSA) is 79.9 Å². The van der Waals surface area contributed by atoms with Gasteiger partial charge in [0.1, 0.15) is 11.4 Å². The molecule has 1 unspecified atom stereocenters. The van der Waals surface area contributed by atoms with Crippen LogP contribution in [0.15, 0.2) is 42.7 Å². The molecule has 3 rings (SSSR count). The SMILES string of the molecule is Cc1cc(C)c(OC(C)C(=O)Nc2nc(-c3ccccn3)c[nH]2)c(C)c1. The van der Waals surface area contributed by atoms with E-state index in [9.17, 15) is 4.79 Å². The van der Waals surface area contributed by atoms with Gasteiger partial charge in [-0.15, -0.1) is 0 Å². The Hall–Kier alpha value is -3.15. The Balaban J connectivity index is 1.68. The second-order valence-corrected chi connectivity index (χ2v) is 6.33. The Bertz CT molecular complexity index is 896. The predicted octanol–water partition coefficient (Wildman–Crippen LogP) is 3.80. The quantitative estimate of drug-likeness (QED) is 0.733. The van der Waals surface area contributed by atoms with Gasteiger partial charge in [-0.3, -0.25) is 15.1 Å². The number of rotatable bonds is 5. The van der Waals surface area contributed by atoms with E-state index in [4.69, 9.17) is 4.74 Å². The number of hydrogen-bond acceptors (Lipinski definition) is 4. The zero-order valence-corrected chi connectivity index (χ0v) is 15.3. The number of nitrogens with one attached hydrogen (secondary N) is 2. The van der Waals surface area contributed by atoms with E-state index >= 15 is 0 Å². The molecule has 6 nitrogen and oxygen atoms in total. The molecule has 134 valence electrons. The maximum Gasteiger partial charge on any atom is 0.267 e. The molecule has 1 amide bonds. The Morgan fingerprint density at radius 2 is 1.88 bits per heavy atom. The van der Waals surface area contributed by atoms with Crippen LogP contribution in [0.25, 0.3) is 11.4 Å². The number of nitrogens with zero attached hydrogens (tertiary/aromatic N) is 2. The molecule has 0 radical (unpaired) electrons. The van der Waals surface area contributed by atoms with Crippen molar-refractivity contribution in [1.82, 2.24) is 15.0 Å². The maximum atomic E-state index is 12.4. The molecule has 1 aromatic carbocycles. The van der Waals surface area contributed by atoms with Gasteiger partial charge >= 0.3 is 0 Å². The summed E-state index contributed by atoms with van der Waals surface area (Å²) >= 11 is 0. The van der Waals surface area contributed by atoms with Crippen molar-refractivity contribution in [2.75, 3.05) is 5.32 Å². The summed E-state index contributed by atoms with van der Waals surface area (Å²) in [5, 5.41) is 2.74. The number of aryl methyl sites for hydroxylation is 3. The van der Waals surface area contributed by atoms with Crippen LogP contribution in [0.3, 0.4) is 0 Å². The van der Waals surface area contributed by atoms with Crippen molar-refractivity contribution in [3.05, 3.63) is 59.4 Å². The summed E-state index contributed by atoms with van der Waals surface area (Å²) < 4.78 is 5.89. The molecule has 0 saturated heterocycles. The fourth-order valence-corrected chi connectivity index (χ4v) is 2.83. The minimum absolute atomic E-state index is 0.272. The third-order valence-electron chi connectivity index (χ3n) is 4.02. The molecular formula is C20H22N4O2. The number of anilines is 1. The molecule has 0 saturated carbocycles. The van der Waals surface area contributed by atoms with Gasteiger partial charge < -0.3 is 9.72 Å². The van der Waals surface area contributed by atoms with Crippen molar-refractivity contribution in [3.63, 3.8) is 0 Å². The summed E-state index contributed by atoms with van der Waals surface area (Å²) in [6.07, 6.45) is 2.75. The second-order valence-electron chi connectivity index (χ2n) is 6.33. The Kier molecular flexibility index (Phi) is 5.02. The molecule has 0 bridgehead atoms. The Morgan fingerprint density at radius 1 is 1.15 bits per heavy atom. The van der Waals surface area contributed by atoms with Gasteiger partial charge in [0, 0.05) is 12.4 Å². The molecule has 2 N–H and O–H groups in total. The fraction of sp³-hybridized carbons (Fsp3) is 0.250. The average Bonchev–Trinajstić information content (AvgIpc) is 3.07. The molecular weight excluding hydrogens is 328 g/mol. The average molecular weight is 350 g/mol. The number of benzene rings is 1. The van der Waals surface area contributed by atoms with E-state index in [-0.39, 0.29) is 5.91 Å². The number of aromatic amines is 1. The van der Waals surface area contributed by atoms with Crippen LogP contribution < -0.4 is 10.1 Å². The number of H-pyrrole nitrogens is 1. The third kappa shape index (κ3) is 3.91. The maximum absolute atomic E-state index is 12.4. The lowest BCUT2D eigenvalue weighted by molar-refractivity contribution is -0.122. The Labute approximate surface area is 152 Å². The molecule has 0 fully saturated rings. The molecule has 3 aromatic rings. The molecule has 2 heterocycles. The highest BCUT2D eigenvalue weighted by Crippen LogP contribution is 2.26. The lowest BCUT2D eigenvalue weighted by atomic mass is 10.1. The van der Waals surface area contributed by atoms with Crippen LogP contribution in [0.4, 0.5) is 5.95 Å². The fourth-order valence-electron chi connectivity index (χ4n) is 2.83. The summed E-state index contributed by atoms with van der Waals surface area (Å²) in [7, 11) is 0. The second kappa shape index (κ2) is 7.39. The molecule has 0 aliphatic rings. The molecule has 1 atom stereocenters. The van der Waals surface area contributed by atoms with Gasteiger partial charge in [-0.2, -0.15) is 0 Å². The highest BCUT2D eigenvalue weighted by molar-refractivity contribution is 5.92. The minimum Gasteiger partial charge on any atom is -0.480 e. The summed E-state index contributed by atoms with van der Waals surface area (Å²) in [5.74, 6) is 0.835. The molecule has 2 aromatic heterocycles. The highest BCUT2D eigenvalue weighted by Gasteiger charge is 2.18. The van der Waals surface area contributed by atoms with Gasteiger partial charge in [0.15, 0.2) is 6.10 Å². The summed E-state index contributed by atoms with van der Waals surface area (Å²) in [6, 6.07) is 9.66. The monoisotopic (exact) mass is 350 g/mol. The van der Waals surface area contributed by atoms with Crippen molar-refractivity contribution in [1.29, 1.82) is 0 Å². The van der Waals surface area contributed by atoms with E-state index in [1.807, 2.05) is 51.1 Å². The number of hydrogen-bond donors (Lipinski definition) is 2. The largest absolute Gasteiger partial charge is 0.480 e. The van der Waals surface area contributed by atoms with Gasteiger partial charge in [-0.05, 0) is 51.0 Å². The smallest absolute Gasteiger partial charge is 0.267 e. The van der Waals surface area contributed by atoms with E-state index in [1.54, 1.807) is 19.3 Å². The highest BCUT2D eigenvalue weighted by atomic mass is 16.5. The lowest BCUT2D eigenvalue weighted by Gasteiger charge is -2.18. The van der Waals surface area contributed by atoms with E-state index in [2.05, 4.69) is 20.3 Å². The first kappa shape index (κ1) is 17.7. The zero-order valence-electron chi connectivity index (χ0n) is 15.3. The van der Waals surface area contributed by atoms with Gasteiger partial charge in [0.25, 0.3) is 5.91 Å². The van der Waals surface area contributed by atoms with Crippen LogP contribution in [-0.2, 0) is 4.79 Å². The first-order valence-electron chi connectivity index (χ1n) is 8.46. The van der Waals surface area contributed by atoms with Gasteiger partial charge in [0.2, 0.25) is 5.95 Å². The minimum atomic E-state index is -0.654. The van der Waals surface area contributed by atoms with Crippen molar-refractivity contribution in [3.8, 4) is 17.1 Å². The van der Waals surface area contributed by atoms with Crippen LogP contribution in [0.1, 0.15) is 23.6 Å². The summed E-state index contributed by atoms with van der Waals surface area (Å²) in [6.45, 7) is 7.71. The van der Waals surface area contributed by atoms with Gasteiger partial charge in [-0.25, -0.2) is 4.98 Å². The molecule has 0 aliphatic carbocycles. The lowest BCUT2D eigenvalue weighted by Crippen LogP contribution is -2.31. The number of carbonyl (C=O) groups excluding carboxylic acids is 1. The predicted molar refractivity (Wildman–Crippen MR) is 101 cm³/mol. The molecule has 6 heteroatoms. The summed E-state index contributed by atoms with van der Waals surface area (Å²) in [5.41, 5.74) is 4.59. The van der Waals surface area contributed by atoms with Crippen molar-refractivity contribution in [2.45, 2.75) is 33.8 Å². The van der Waals surface area contributed by atoms with E-state index in [1.165, 1.54) is 5.56 Å². The molecule has 26 heavy (non-hydrogen) atoms. The summed E-state index contributed by atoms with van der Waals surface area (Å²) in [4.78, 5) is 24.0. The van der Waals surface area contributed by atoms with Crippen LogP contribution in [0, 0.1) is 20.8 Å². The number of amides is 1. The number of carbonyl (C=O) groups is 1. The molecule has 0 spiro atoms. The number of pyridine rings is 1. The number of aromatic nitrogens is 3. The standard InChI is InChI=1S/C20H22N4O2/c1-12-9-13(2)18(14(3)10-12)26-15(4)19(25)24-20-22-11-17(23-20)16-7-5-6-8-21-16/h5-11,15H,1-4H3,(H2,22,23,24,25). The van der Waals surface area contributed by atoms with Gasteiger partial charge in [-0.1, -0.05) is 23.8 Å². The van der Waals surface area contributed by atoms with E-state index < -0.39 is 6.10 Å². The zero-order chi connectivity index (χ0) is 18.7. The number of ether oxygens (including phenoxy) is 1. The van der Waals surface area contributed by atoms with Crippen LogP contribution in [0.5, 0.6) is 5.75 Å². The van der Waals surface area contributed by atoms with Crippen molar-refractivity contribution >= 4 is 11.9 Å². The van der Waals surface area contributed by atoms with Crippen LogP contribution in [-0.4, -0.2) is 27.0 Å². The molecule has 0 aliphatic heterocycles. The first-order chi connectivity index (χ1) is 12.4. The van der Waals surface area contributed by atoms with Crippen molar-refractivity contribution < 1.29 is 9.53 Å². The first-order valence-corrected chi connectivity index (χ1v) is 8.46. The normalized spacial score (nSPS) is 11.8.